The molecule has 0 N–H and O–H groups in total. The Morgan fingerprint density at radius 1 is 1.15 bits per heavy atom. The molecule has 2 aliphatic heterocycles. The lowest BCUT2D eigenvalue weighted by molar-refractivity contribution is 0.0724. The molecule has 1 aromatic heterocycles. The smallest absolute Gasteiger partial charge is 0.257 e. The number of carbonyl (C=O) groups is 1. The summed E-state index contributed by atoms with van der Waals surface area (Å²) in [5.74, 6) is 0.815. The summed E-state index contributed by atoms with van der Waals surface area (Å²) >= 11 is 0. The average Bonchev–Trinajstić information content (AvgIpc) is 2.88. The van der Waals surface area contributed by atoms with Gasteiger partial charge in [0, 0.05) is 51.5 Å². The molecule has 3 rings (SSSR count). The van der Waals surface area contributed by atoms with Crippen molar-refractivity contribution < 1.29 is 4.79 Å². The monoisotopic (exact) mass is 360 g/mol. The molecule has 144 valence electrons. The maximum Gasteiger partial charge on any atom is 0.257 e. The lowest BCUT2D eigenvalue weighted by atomic mass is 10.1. The highest BCUT2D eigenvalue weighted by Crippen LogP contribution is 2.19. The molecule has 1 aromatic rings. The van der Waals surface area contributed by atoms with Gasteiger partial charge in [0.15, 0.2) is 0 Å². The van der Waals surface area contributed by atoms with Gasteiger partial charge in [0.2, 0.25) is 5.95 Å². The van der Waals surface area contributed by atoms with Gasteiger partial charge >= 0.3 is 0 Å². The number of aromatic nitrogens is 2. The molecule has 26 heavy (non-hydrogen) atoms. The van der Waals surface area contributed by atoms with Crippen molar-refractivity contribution in [2.75, 3.05) is 65.3 Å². The fourth-order valence-corrected chi connectivity index (χ4v) is 3.72. The van der Waals surface area contributed by atoms with Gasteiger partial charge in [-0.25, -0.2) is 9.97 Å². The van der Waals surface area contributed by atoms with Crippen molar-refractivity contribution in [2.45, 2.75) is 32.2 Å². The van der Waals surface area contributed by atoms with Gasteiger partial charge in [-0.05, 0) is 40.9 Å². The molecule has 2 saturated heterocycles. The van der Waals surface area contributed by atoms with Gasteiger partial charge in [0.25, 0.3) is 5.91 Å². The van der Waals surface area contributed by atoms with Gasteiger partial charge in [-0.1, -0.05) is 6.42 Å². The zero-order valence-electron chi connectivity index (χ0n) is 16.6. The quantitative estimate of drug-likeness (QED) is 0.804. The second-order valence-corrected chi connectivity index (χ2v) is 7.82. The summed E-state index contributed by atoms with van der Waals surface area (Å²) in [5, 5.41) is 0. The molecule has 2 fully saturated rings. The number of likely N-dealkylation sites (tertiary alicyclic amines) is 1. The number of hydrogen-bond acceptors (Lipinski definition) is 6. The van der Waals surface area contributed by atoms with E-state index in [9.17, 15) is 4.79 Å². The van der Waals surface area contributed by atoms with Gasteiger partial charge in [-0.3, -0.25) is 4.79 Å². The summed E-state index contributed by atoms with van der Waals surface area (Å²) in [6, 6.07) is 0.423. The van der Waals surface area contributed by atoms with E-state index >= 15 is 0 Å². The molecular formula is C19H32N6O. The van der Waals surface area contributed by atoms with Crippen LogP contribution in [-0.4, -0.2) is 97.0 Å². The molecule has 0 aromatic carbocycles. The normalized spacial score (nSPS) is 22.6. The van der Waals surface area contributed by atoms with Crippen molar-refractivity contribution in [2.24, 2.45) is 0 Å². The van der Waals surface area contributed by atoms with Crippen LogP contribution in [0, 0.1) is 6.92 Å². The van der Waals surface area contributed by atoms with Gasteiger partial charge in [0.05, 0.1) is 11.3 Å². The lowest BCUT2D eigenvalue weighted by Crippen LogP contribution is -2.45. The van der Waals surface area contributed by atoms with Crippen LogP contribution in [0.2, 0.25) is 0 Å². The molecule has 0 radical (unpaired) electrons. The SMILES string of the molecule is Cc1nc(N2CCN(C)CC2)ncc1C(=O)N1CCCCC(N(C)C)C1. The molecular weight excluding hydrogens is 328 g/mol. The first-order valence-corrected chi connectivity index (χ1v) is 9.68. The summed E-state index contributed by atoms with van der Waals surface area (Å²) in [4.78, 5) is 31.0. The minimum atomic E-state index is 0.0705. The van der Waals surface area contributed by atoms with Crippen molar-refractivity contribution in [1.29, 1.82) is 0 Å². The Kier molecular flexibility index (Phi) is 6.09. The van der Waals surface area contributed by atoms with Crippen LogP contribution >= 0.6 is 0 Å². The summed E-state index contributed by atoms with van der Waals surface area (Å²) in [6.45, 7) is 7.43. The third-order valence-corrected chi connectivity index (χ3v) is 5.65. The third kappa shape index (κ3) is 4.32. The largest absolute Gasteiger partial charge is 0.338 e. The highest BCUT2D eigenvalue weighted by molar-refractivity contribution is 5.95. The summed E-state index contributed by atoms with van der Waals surface area (Å²) in [5.41, 5.74) is 1.42. The number of aryl methyl sites for hydroxylation is 1. The zero-order chi connectivity index (χ0) is 18.7. The molecule has 0 spiro atoms. The van der Waals surface area contributed by atoms with E-state index in [0.29, 0.717) is 11.6 Å². The topological polar surface area (TPSA) is 55.8 Å². The van der Waals surface area contributed by atoms with E-state index in [-0.39, 0.29) is 5.91 Å². The zero-order valence-corrected chi connectivity index (χ0v) is 16.6. The summed E-state index contributed by atoms with van der Waals surface area (Å²) in [7, 11) is 6.32. The first-order valence-electron chi connectivity index (χ1n) is 9.68. The minimum absolute atomic E-state index is 0.0705. The Bertz CT molecular complexity index is 626. The number of rotatable bonds is 3. The number of piperazine rings is 1. The number of anilines is 1. The Hall–Kier alpha value is -1.73. The highest BCUT2D eigenvalue weighted by atomic mass is 16.2. The van der Waals surface area contributed by atoms with Gasteiger partial charge < -0.3 is 19.6 Å². The van der Waals surface area contributed by atoms with Crippen molar-refractivity contribution in [1.82, 2.24) is 24.7 Å². The molecule has 3 heterocycles. The molecule has 0 bridgehead atoms. The van der Waals surface area contributed by atoms with Gasteiger partial charge in [0.1, 0.15) is 0 Å². The number of carbonyl (C=O) groups excluding carboxylic acids is 1. The first-order chi connectivity index (χ1) is 12.5. The molecule has 2 aliphatic rings. The van der Waals surface area contributed by atoms with E-state index in [1.807, 2.05) is 11.8 Å². The molecule has 1 atom stereocenters. The molecule has 0 aliphatic carbocycles. The predicted octanol–water partition coefficient (Wildman–Crippen LogP) is 1.09. The standard InChI is InChI=1S/C19H32N6O/c1-15-17(13-20-19(21-15)24-11-9-23(4)10-12-24)18(26)25-8-6-5-7-16(14-25)22(2)3/h13,16H,5-12,14H2,1-4H3. The van der Waals surface area contributed by atoms with E-state index in [0.717, 1.165) is 63.8 Å². The Morgan fingerprint density at radius 2 is 1.88 bits per heavy atom. The highest BCUT2D eigenvalue weighted by Gasteiger charge is 2.26. The fourth-order valence-electron chi connectivity index (χ4n) is 3.72. The minimum Gasteiger partial charge on any atom is -0.338 e. The second-order valence-electron chi connectivity index (χ2n) is 7.82. The van der Waals surface area contributed by atoms with E-state index in [1.54, 1.807) is 6.20 Å². The van der Waals surface area contributed by atoms with Crippen LogP contribution in [0.5, 0.6) is 0 Å². The number of hydrogen-bond donors (Lipinski definition) is 0. The van der Waals surface area contributed by atoms with Crippen molar-refractivity contribution in [3.8, 4) is 0 Å². The van der Waals surface area contributed by atoms with Crippen molar-refractivity contribution in [3.05, 3.63) is 17.5 Å². The van der Waals surface area contributed by atoms with E-state index in [1.165, 1.54) is 6.42 Å². The van der Waals surface area contributed by atoms with Crippen LogP contribution in [0.4, 0.5) is 5.95 Å². The van der Waals surface area contributed by atoms with E-state index in [4.69, 9.17) is 0 Å². The Labute approximate surface area is 157 Å². The van der Waals surface area contributed by atoms with Crippen LogP contribution in [0.1, 0.15) is 35.3 Å². The van der Waals surface area contributed by atoms with Crippen molar-refractivity contribution >= 4 is 11.9 Å². The molecule has 0 saturated carbocycles. The van der Waals surface area contributed by atoms with Gasteiger partial charge in [-0.15, -0.1) is 0 Å². The maximum atomic E-state index is 13.1. The van der Waals surface area contributed by atoms with Crippen LogP contribution in [0.25, 0.3) is 0 Å². The van der Waals surface area contributed by atoms with Crippen LogP contribution in [-0.2, 0) is 0 Å². The lowest BCUT2D eigenvalue weighted by Gasteiger charge is -2.32. The van der Waals surface area contributed by atoms with Crippen LogP contribution in [0.3, 0.4) is 0 Å². The fraction of sp³-hybridized carbons (Fsp3) is 0.737. The van der Waals surface area contributed by atoms with Crippen molar-refractivity contribution in [3.63, 3.8) is 0 Å². The molecule has 7 nitrogen and oxygen atoms in total. The summed E-state index contributed by atoms with van der Waals surface area (Å²) in [6.07, 6.45) is 5.11. The summed E-state index contributed by atoms with van der Waals surface area (Å²) < 4.78 is 0. The van der Waals surface area contributed by atoms with Gasteiger partial charge in [-0.2, -0.15) is 0 Å². The molecule has 1 amide bonds. The Morgan fingerprint density at radius 3 is 2.54 bits per heavy atom. The van der Waals surface area contributed by atoms with E-state index in [2.05, 4.69) is 45.8 Å². The predicted molar refractivity (Wildman–Crippen MR) is 104 cm³/mol. The van der Waals surface area contributed by atoms with Crippen LogP contribution in [0.15, 0.2) is 6.20 Å². The third-order valence-electron chi connectivity index (χ3n) is 5.65. The maximum absolute atomic E-state index is 13.1. The van der Waals surface area contributed by atoms with Crippen LogP contribution < -0.4 is 4.90 Å². The van der Waals surface area contributed by atoms with E-state index < -0.39 is 0 Å². The second kappa shape index (κ2) is 8.31. The molecule has 7 heteroatoms. The number of amides is 1. The first kappa shape index (κ1) is 19.0. The number of likely N-dealkylation sites (N-methyl/N-ethyl adjacent to an activating group) is 2. The molecule has 1 unspecified atom stereocenters. The average molecular weight is 361 g/mol. The number of nitrogens with zero attached hydrogens (tertiary/aromatic N) is 6. The Balaban J connectivity index is 1.73.